The standard InChI is InChI=1S/C14H19NO3S/c1-10-3-5-13(6-4-10)19(16,17)18-12-7-14(8-12)9-15-11(14)2/h3-6,11-12,15H,7-9H2,1-2H3. The molecule has 1 unspecified atom stereocenters. The van der Waals surface area contributed by atoms with Crippen LogP contribution in [-0.4, -0.2) is 27.1 Å². The Morgan fingerprint density at radius 3 is 2.37 bits per heavy atom. The van der Waals surface area contributed by atoms with Crippen molar-refractivity contribution in [3.8, 4) is 0 Å². The quantitative estimate of drug-likeness (QED) is 0.859. The molecule has 2 aliphatic rings. The molecule has 0 aromatic heterocycles. The van der Waals surface area contributed by atoms with Gasteiger partial charge < -0.3 is 5.32 Å². The summed E-state index contributed by atoms with van der Waals surface area (Å²) >= 11 is 0. The number of rotatable bonds is 3. The van der Waals surface area contributed by atoms with Gasteiger partial charge in [-0.1, -0.05) is 17.7 Å². The van der Waals surface area contributed by atoms with Gasteiger partial charge in [0.25, 0.3) is 10.1 Å². The molecule has 1 saturated carbocycles. The molecule has 1 aliphatic heterocycles. The van der Waals surface area contributed by atoms with Crippen molar-refractivity contribution in [3.63, 3.8) is 0 Å². The van der Waals surface area contributed by atoms with Crippen molar-refractivity contribution in [2.24, 2.45) is 5.41 Å². The van der Waals surface area contributed by atoms with E-state index in [0.29, 0.717) is 6.04 Å². The molecule has 4 nitrogen and oxygen atoms in total. The van der Waals surface area contributed by atoms with E-state index in [0.717, 1.165) is 24.9 Å². The maximum absolute atomic E-state index is 12.1. The smallest absolute Gasteiger partial charge is 0.297 e. The lowest BCUT2D eigenvalue weighted by Crippen LogP contribution is -2.68. The molecular weight excluding hydrogens is 262 g/mol. The Morgan fingerprint density at radius 1 is 1.26 bits per heavy atom. The van der Waals surface area contributed by atoms with Gasteiger partial charge in [-0.3, -0.25) is 4.18 Å². The fourth-order valence-corrected chi connectivity index (χ4v) is 4.02. The zero-order valence-electron chi connectivity index (χ0n) is 11.2. The van der Waals surface area contributed by atoms with Crippen LogP contribution in [0.1, 0.15) is 25.3 Å². The second-order valence-electron chi connectivity index (χ2n) is 5.86. The highest BCUT2D eigenvalue weighted by Crippen LogP contribution is 2.50. The van der Waals surface area contributed by atoms with E-state index in [4.69, 9.17) is 4.18 Å². The second-order valence-corrected chi connectivity index (χ2v) is 7.43. The van der Waals surface area contributed by atoms with Gasteiger partial charge in [0.15, 0.2) is 0 Å². The minimum Gasteiger partial charge on any atom is -0.313 e. The zero-order valence-corrected chi connectivity index (χ0v) is 12.0. The van der Waals surface area contributed by atoms with Gasteiger partial charge in [0, 0.05) is 18.0 Å². The summed E-state index contributed by atoms with van der Waals surface area (Å²) in [6, 6.07) is 7.26. The molecule has 1 atom stereocenters. The lowest BCUT2D eigenvalue weighted by atomic mass is 9.58. The van der Waals surface area contributed by atoms with Crippen LogP contribution in [0.4, 0.5) is 0 Å². The van der Waals surface area contributed by atoms with Crippen LogP contribution in [0, 0.1) is 12.3 Å². The maximum atomic E-state index is 12.1. The Balaban J connectivity index is 1.65. The summed E-state index contributed by atoms with van der Waals surface area (Å²) in [5.41, 5.74) is 1.32. The molecule has 19 heavy (non-hydrogen) atoms. The third-order valence-corrected chi connectivity index (χ3v) is 5.89. The first-order valence-electron chi connectivity index (χ1n) is 6.65. The van der Waals surface area contributed by atoms with Crippen LogP contribution in [0.3, 0.4) is 0 Å². The first-order chi connectivity index (χ1) is 8.91. The molecule has 3 rings (SSSR count). The Hall–Kier alpha value is -0.910. The van der Waals surface area contributed by atoms with Gasteiger partial charge in [-0.15, -0.1) is 0 Å². The van der Waals surface area contributed by atoms with Crippen LogP contribution < -0.4 is 5.32 Å². The van der Waals surface area contributed by atoms with E-state index in [-0.39, 0.29) is 16.4 Å². The van der Waals surface area contributed by atoms with E-state index in [1.54, 1.807) is 24.3 Å². The molecule has 1 aromatic rings. The first-order valence-corrected chi connectivity index (χ1v) is 8.05. The van der Waals surface area contributed by atoms with Gasteiger partial charge in [-0.25, -0.2) is 0 Å². The molecule has 0 bridgehead atoms. The highest BCUT2D eigenvalue weighted by atomic mass is 32.2. The predicted molar refractivity (Wildman–Crippen MR) is 72.4 cm³/mol. The molecule has 2 fully saturated rings. The molecule has 5 heteroatoms. The summed E-state index contributed by atoms with van der Waals surface area (Å²) < 4.78 is 29.5. The fraction of sp³-hybridized carbons (Fsp3) is 0.571. The van der Waals surface area contributed by atoms with Gasteiger partial charge in [0.2, 0.25) is 0 Å². The summed E-state index contributed by atoms with van der Waals surface area (Å²) in [5, 5.41) is 3.32. The highest BCUT2D eigenvalue weighted by molar-refractivity contribution is 7.86. The molecule has 0 radical (unpaired) electrons. The van der Waals surface area contributed by atoms with Crippen LogP contribution in [-0.2, 0) is 14.3 Å². The summed E-state index contributed by atoms with van der Waals surface area (Å²) in [7, 11) is -3.61. The van der Waals surface area contributed by atoms with Gasteiger partial charge in [-0.2, -0.15) is 8.42 Å². The molecule has 0 amide bonds. The Kier molecular flexibility index (Phi) is 2.96. The van der Waals surface area contributed by atoms with Crippen molar-refractivity contribution in [2.45, 2.75) is 43.7 Å². The van der Waals surface area contributed by atoms with E-state index in [1.165, 1.54) is 0 Å². The van der Waals surface area contributed by atoms with Crippen molar-refractivity contribution >= 4 is 10.1 Å². The SMILES string of the molecule is Cc1ccc(S(=O)(=O)OC2CC3(CNC3C)C2)cc1. The Labute approximate surface area is 114 Å². The summed E-state index contributed by atoms with van der Waals surface area (Å²) in [6.45, 7) is 5.06. The lowest BCUT2D eigenvalue weighted by molar-refractivity contribution is -0.0790. The molecule has 1 aromatic carbocycles. The van der Waals surface area contributed by atoms with E-state index in [1.807, 2.05) is 6.92 Å². The van der Waals surface area contributed by atoms with E-state index in [2.05, 4.69) is 12.2 Å². The van der Waals surface area contributed by atoms with Crippen molar-refractivity contribution in [3.05, 3.63) is 29.8 Å². The second kappa shape index (κ2) is 4.30. The van der Waals surface area contributed by atoms with Crippen LogP contribution in [0.2, 0.25) is 0 Å². The van der Waals surface area contributed by atoms with E-state index in [9.17, 15) is 8.42 Å². The normalized spacial score (nSPS) is 33.8. The number of benzene rings is 1. The monoisotopic (exact) mass is 281 g/mol. The Bertz CT molecular complexity index is 573. The predicted octanol–water partition coefficient (Wildman–Crippen LogP) is 1.84. The summed E-state index contributed by atoms with van der Waals surface area (Å²) in [6.07, 6.45) is 1.52. The number of hydrogen-bond donors (Lipinski definition) is 1. The molecule has 1 heterocycles. The van der Waals surface area contributed by atoms with Crippen molar-refractivity contribution < 1.29 is 12.6 Å². The number of aryl methyl sites for hydroxylation is 1. The third-order valence-electron chi connectivity index (χ3n) is 4.52. The topological polar surface area (TPSA) is 55.4 Å². The molecule has 1 N–H and O–H groups in total. The Morgan fingerprint density at radius 2 is 1.89 bits per heavy atom. The molecule has 104 valence electrons. The minimum absolute atomic E-state index is 0.157. The molecule has 1 saturated heterocycles. The average molecular weight is 281 g/mol. The number of nitrogens with one attached hydrogen (secondary N) is 1. The molecule has 1 spiro atoms. The highest BCUT2D eigenvalue weighted by Gasteiger charge is 2.54. The van der Waals surface area contributed by atoms with Crippen molar-refractivity contribution in [1.82, 2.24) is 5.32 Å². The maximum Gasteiger partial charge on any atom is 0.297 e. The van der Waals surface area contributed by atoms with Crippen LogP contribution in [0.15, 0.2) is 29.2 Å². The summed E-state index contributed by atoms with van der Waals surface area (Å²) in [5.74, 6) is 0. The van der Waals surface area contributed by atoms with Crippen LogP contribution in [0.25, 0.3) is 0 Å². The van der Waals surface area contributed by atoms with Gasteiger partial charge in [0.1, 0.15) is 0 Å². The third kappa shape index (κ3) is 2.20. The fourth-order valence-electron chi connectivity index (χ4n) is 2.95. The lowest BCUT2D eigenvalue weighted by Gasteiger charge is -2.58. The zero-order chi connectivity index (χ0) is 13.7. The molecule has 1 aliphatic carbocycles. The average Bonchev–Trinajstić information content (AvgIpc) is 2.31. The van der Waals surface area contributed by atoms with Crippen molar-refractivity contribution in [2.75, 3.05) is 6.54 Å². The van der Waals surface area contributed by atoms with Crippen LogP contribution in [0.5, 0.6) is 0 Å². The van der Waals surface area contributed by atoms with E-state index >= 15 is 0 Å². The van der Waals surface area contributed by atoms with Crippen molar-refractivity contribution in [1.29, 1.82) is 0 Å². The largest absolute Gasteiger partial charge is 0.313 e. The van der Waals surface area contributed by atoms with E-state index < -0.39 is 10.1 Å². The van der Waals surface area contributed by atoms with Gasteiger partial charge in [-0.05, 0) is 38.8 Å². The number of hydrogen-bond acceptors (Lipinski definition) is 4. The van der Waals surface area contributed by atoms with Crippen LogP contribution >= 0.6 is 0 Å². The minimum atomic E-state index is -3.61. The van der Waals surface area contributed by atoms with Gasteiger partial charge in [0.05, 0.1) is 11.0 Å². The van der Waals surface area contributed by atoms with Gasteiger partial charge >= 0.3 is 0 Å². The first kappa shape index (κ1) is 13.1. The molecular formula is C14H19NO3S. The summed E-state index contributed by atoms with van der Waals surface area (Å²) in [4.78, 5) is 0.249.